The van der Waals surface area contributed by atoms with E-state index in [1.165, 1.54) is 6.92 Å². The Balaban J connectivity index is 2.06. The Hall–Kier alpha value is -2.37. The number of carbonyl (C=O) groups excluding carboxylic acids is 1. The normalized spacial score (nSPS) is 11.2. The number of hydrogen-bond acceptors (Lipinski definition) is 5. The third kappa shape index (κ3) is 4.05. The van der Waals surface area contributed by atoms with Crippen molar-refractivity contribution in [2.24, 2.45) is 0 Å². The Kier molecular flexibility index (Phi) is 4.26. The Morgan fingerprint density at radius 3 is 2.67 bits per heavy atom. The van der Waals surface area contributed by atoms with Crippen LogP contribution >= 0.6 is 0 Å². The van der Waals surface area contributed by atoms with E-state index in [0.717, 1.165) is 0 Å². The minimum atomic E-state index is -0.171. The van der Waals surface area contributed by atoms with Crippen LogP contribution in [0.4, 0.5) is 5.69 Å². The van der Waals surface area contributed by atoms with Gasteiger partial charge in [-0.1, -0.05) is 38.1 Å². The van der Waals surface area contributed by atoms with Crippen LogP contribution in [0.1, 0.15) is 39.4 Å². The molecule has 1 heterocycles. The minimum Gasteiger partial charge on any atom is -0.482 e. The molecule has 21 heavy (non-hydrogen) atoms. The van der Waals surface area contributed by atoms with Crippen LogP contribution < -0.4 is 10.1 Å². The molecular formula is C15H19N3O3. The topological polar surface area (TPSA) is 77.2 Å². The summed E-state index contributed by atoms with van der Waals surface area (Å²) in [4.78, 5) is 15.4. The highest BCUT2D eigenvalue weighted by molar-refractivity contribution is 5.90. The molecule has 0 aliphatic heterocycles. The Labute approximate surface area is 123 Å². The van der Waals surface area contributed by atoms with Crippen molar-refractivity contribution in [2.75, 3.05) is 5.32 Å². The summed E-state index contributed by atoms with van der Waals surface area (Å²) in [7, 11) is 0. The first-order chi connectivity index (χ1) is 9.86. The smallest absolute Gasteiger partial charge is 0.264 e. The van der Waals surface area contributed by atoms with E-state index < -0.39 is 0 Å². The zero-order valence-electron chi connectivity index (χ0n) is 12.6. The third-order valence-corrected chi connectivity index (χ3v) is 2.69. The van der Waals surface area contributed by atoms with Crippen LogP contribution in [0.5, 0.6) is 5.75 Å². The highest BCUT2D eigenvalue weighted by atomic mass is 16.5. The van der Waals surface area contributed by atoms with Crippen molar-refractivity contribution in [2.45, 2.75) is 39.7 Å². The summed E-state index contributed by atoms with van der Waals surface area (Å²) >= 11 is 0. The second-order valence-corrected chi connectivity index (χ2v) is 5.73. The van der Waals surface area contributed by atoms with Crippen LogP contribution in [0.25, 0.3) is 0 Å². The summed E-state index contributed by atoms with van der Waals surface area (Å²) < 4.78 is 10.8. The first-order valence-corrected chi connectivity index (χ1v) is 6.69. The molecule has 0 spiro atoms. The summed E-state index contributed by atoms with van der Waals surface area (Å²) in [5.74, 6) is 1.44. The molecule has 1 amide bonds. The van der Waals surface area contributed by atoms with Gasteiger partial charge in [-0.2, -0.15) is 4.98 Å². The first kappa shape index (κ1) is 15.0. The molecule has 1 aromatic heterocycles. The molecule has 0 radical (unpaired) electrons. The van der Waals surface area contributed by atoms with E-state index in [9.17, 15) is 4.79 Å². The van der Waals surface area contributed by atoms with Gasteiger partial charge < -0.3 is 14.6 Å². The molecule has 0 unspecified atom stereocenters. The van der Waals surface area contributed by atoms with Gasteiger partial charge >= 0.3 is 0 Å². The highest BCUT2D eigenvalue weighted by Crippen LogP contribution is 2.25. The molecule has 0 atom stereocenters. The van der Waals surface area contributed by atoms with Gasteiger partial charge in [0.1, 0.15) is 5.75 Å². The summed E-state index contributed by atoms with van der Waals surface area (Å²) in [5, 5.41) is 6.64. The van der Waals surface area contributed by atoms with Gasteiger partial charge in [0, 0.05) is 12.3 Å². The highest BCUT2D eigenvalue weighted by Gasteiger charge is 2.21. The molecule has 6 nitrogen and oxygen atoms in total. The van der Waals surface area contributed by atoms with Crippen LogP contribution in [0, 0.1) is 0 Å². The molecule has 0 saturated carbocycles. The quantitative estimate of drug-likeness (QED) is 0.936. The third-order valence-electron chi connectivity index (χ3n) is 2.69. The molecule has 2 rings (SSSR count). The van der Waals surface area contributed by atoms with Gasteiger partial charge in [0.15, 0.2) is 12.4 Å². The molecular weight excluding hydrogens is 270 g/mol. The lowest BCUT2D eigenvalue weighted by Crippen LogP contribution is -2.13. The Morgan fingerprint density at radius 1 is 1.33 bits per heavy atom. The first-order valence-electron chi connectivity index (χ1n) is 6.69. The van der Waals surface area contributed by atoms with Crippen LogP contribution in [0.15, 0.2) is 28.8 Å². The number of ether oxygens (including phenoxy) is 1. The zero-order chi connectivity index (χ0) is 15.5. The van der Waals surface area contributed by atoms with Crippen LogP contribution in [0.3, 0.4) is 0 Å². The van der Waals surface area contributed by atoms with Crippen molar-refractivity contribution >= 4 is 11.6 Å². The number of rotatable bonds is 4. The number of para-hydroxylation sites is 2. The number of amides is 1. The van der Waals surface area contributed by atoms with Crippen molar-refractivity contribution in [1.29, 1.82) is 0 Å². The van der Waals surface area contributed by atoms with Crippen molar-refractivity contribution in [3.63, 3.8) is 0 Å². The monoisotopic (exact) mass is 289 g/mol. The van der Waals surface area contributed by atoms with Crippen LogP contribution in [0.2, 0.25) is 0 Å². The van der Waals surface area contributed by atoms with E-state index >= 15 is 0 Å². The molecule has 0 aliphatic carbocycles. The van der Waals surface area contributed by atoms with Gasteiger partial charge in [0.25, 0.3) is 5.89 Å². The standard InChI is InChI=1S/C15H19N3O3/c1-10(19)16-11-7-5-6-8-12(11)20-9-13-17-14(18-21-13)15(2,3)4/h5-8H,9H2,1-4H3,(H,16,19). The number of benzene rings is 1. The van der Waals surface area contributed by atoms with E-state index in [1.54, 1.807) is 12.1 Å². The van der Waals surface area contributed by atoms with E-state index in [-0.39, 0.29) is 17.9 Å². The van der Waals surface area contributed by atoms with Gasteiger partial charge in [0.2, 0.25) is 5.91 Å². The van der Waals surface area contributed by atoms with Gasteiger partial charge in [-0.3, -0.25) is 4.79 Å². The molecule has 112 valence electrons. The fourth-order valence-electron chi connectivity index (χ4n) is 1.64. The molecule has 0 bridgehead atoms. The number of nitrogens with zero attached hydrogens (tertiary/aromatic N) is 2. The lowest BCUT2D eigenvalue weighted by Gasteiger charge is -2.11. The van der Waals surface area contributed by atoms with E-state index in [4.69, 9.17) is 9.26 Å². The summed E-state index contributed by atoms with van der Waals surface area (Å²) in [6.07, 6.45) is 0. The average molecular weight is 289 g/mol. The Morgan fingerprint density at radius 2 is 2.05 bits per heavy atom. The molecule has 1 aromatic carbocycles. The van der Waals surface area contributed by atoms with E-state index in [2.05, 4.69) is 15.5 Å². The van der Waals surface area contributed by atoms with Crippen molar-refractivity contribution in [1.82, 2.24) is 10.1 Å². The number of nitrogens with one attached hydrogen (secondary N) is 1. The van der Waals surface area contributed by atoms with Crippen LogP contribution in [-0.4, -0.2) is 16.0 Å². The van der Waals surface area contributed by atoms with Crippen molar-refractivity contribution in [3.8, 4) is 5.75 Å². The molecule has 1 N–H and O–H groups in total. The molecule has 0 aliphatic rings. The van der Waals surface area contributed by atoms with Crippen molar-refractivity contribution in [3.05, 3.63) is 36.0 Å². The number of aromatic nitrogens is 2. The predicted molar refractivity (Wildman–Crippen MR) is 78.1 cm³/mol. The second kappa shape index (κ2) is 5.95. The maximum atomic E-state index is 11.1. The van der Waals surface area contributed by atoms with Crippen molar-refractivity contribution < 1.29 is 14.1 Å². The van der Waals surface area contributed by atoms with Crippen LogP contribution in [-0.2, 0) is 16.8 Å². The lowest BCUT2D eigenvalue weighted by atomic mass is 9.96. The zero-order valence-corrected chi connectivity index (χ0v) is 12.6. The SMILES string of the molecule is CC(=O)Nc1ccccc1OCc1nc(C(C)(C)C)no1. The predicted octanol–water partition coefficient (Wildman–Crippen LogP) is 2.90. The van der Waals surface area contributed by atoms with Gasteiger partial charge in [-0.15, -0.1) is 0 Å². The molecule has 0 fully saturated rings. The van der Waals surface area contributed by atoms with Gasteiger partial charge in [-0.05, 0) is 12.1 Å². The number of anilines is 1. The number of hydrogen-bond donors (Lipinski definition) is 1. The summed E-state index contributed by atoms with van der Waals surface area (Å²) in [5.41, 5.74) is 0.441. The lowest BCUT2D eigenvalue weighted by molar-refractivity contribution is -0.114. The maximum Gasteiger partial charge on any atom is 0.264 e. The van der Waals surface area contributed by atoms with E-state index in [1.807, 2.05) is 32.9 Å². The fourth-order valence-corrected chi connectivity index (χ4v) is 1.64. The van der Waals surface area contributed by atoms with Gasteiger partial charge in [-0.25, -0.2) is 0 Å². The largest absolute Gasteiger partial charge is 0.482 e. The van der Waals surface area contributed by atoms with E-state index in [0.29, 0.717) is 23.2 Å². The molecule has 6 heteroatoms. The average Bonchev–Trinajstić information content (AvgIpc) is 2.86. The summed E-state index contributed by atoms with van der Waals surface area (Å²) in [6.45, 7) is 7.63. The van der Waals surface area contributed by atoms with Gasteiger partial charge in [0.05, 0.1) is 5.69 Å². The Bertz CT molecular complexity index is 629. The molecule has 0 saturated heterocycles. The fraction of sp³-hybridized carbons (Fsp3) is 0.400. The maximum absolute atomic E-state index is 11.1. The molecule has 2 aromatic rings. The minimum absolute atomic E-state index is 0.152. The number of carbonyl (C=O) groups is 1. The summed E-state index contributed by atoms with van der Waals surface area (Å²) in [6, 6.07) is 7.19. The second-order valence-electron chi connectivity index (χ2n) is 5.73.